The highest BCUT2D eigenvalue weighted by Crippen LogP contribution is 2.34. The van der Waals surface area contributed by atoms with Gasteiger partial charge in [0.25, 0.3) is 0 Å². The van der Waals surface area contributed by atoms with Crippen molar-refractivity contribution in [2.24, 2.45) is 0 Å². The fourth-order valence-electron chi connectivity index (χ4n) is 2.24. The summed E-state index contributed by atoms with van der Waals surface area (Å²) in [6, 6.07) is 2.01. The largest absolute Gasteiger partial charge is 0.355 e. The van der Waals surface area contributed by atoms with Crippen LogP contribution in [0.25, 0.3) is 10.3 Å². The topological polar surface area (TPSA) is 29.3 Å². The van der Waals surface area contributed by atoms with Crippen LogP contribution in [0.5, 0.6) is 0 Å². The van der Waals surface area contributed by atoms with Gasteiger partial charge in [-0.2, -0.15) is 0 Å². The highest BCUT2D eigenvalue weighted by atomic mass is 32.1. The SMILES string of the molecule is CN1CCC(c2noc3ccsc23)CC1. The highest BCUT2D eigenvalue weighted by molar-refractivity contribution is 7.17. The number of rotatable bonds is 1. The molecule has 1 fully saturated rings. The van der Waals surface area contributed by atoms with Crippen LogP contribution in [0.3, 0.4) is 0 Å². The molecule has 1 saturated heterocycles. The van der Waals surface area contributed by atoms with E-state index in [1.54, 1.807) is 11.3 Å². The third-order valence-corrected chi connectivity index (χ3v) is 4.13. The number of likely N-dealkylation sites (tertiary alicyclic amines) is 1. The van der Waals surface area contributed by atoms with Crippen LogP contribution in [0, 0.1) is 0 Å². The standard InChI is InChI=1S/C11H14N2OS/c1-13-5-2-8(3-6-13)10-11-9(14-12-10)4-7-15-11/h4,7-8H,2-3,5-6H2,1H3. The molecule has 1 aliphatic heterocycles. The van der Waals surface area contributed by atoms with Crippen molar-refractivity contribution in [3.8, 4) is 0 Å². The number of thiophene rings is 1. The van der Waals surface area contributed by atoms with E-state index >= 15 is 0 Å². The van der Waals surface area contributed by atoms with E-state index in [2.05, 4.69) is 22.5 Å². The molecule has 3 nitrogen and oxygen atoms in total. The average molecular weight is 222 g/mol. The van der Waals surface area contributed by atoms with Gasteiger partial charge in [-0.1, -0.05) is 5.16 Å². The van der Waals surface area contributed by atoms with Crippen LogP contribution >= 0.6 is 11.3 Å². The van der Waals surface area contributed by atoms with Gasteiger partial charge in [-0.25, -0.2) is 0 Å². The molecule has 1 aliphatic rings. The first kappa shape index (κ1) is 9.36. The Bertz CT molecular complexity index is 454. The number of hydrogen-bond donors (Lipinski definition) is 0. The Morgan fingerprint density at radius 1 is 1.47 bits per heavy atom. The molecule has 15 heavy (non-hydrogen) atoms. The van der Waals surface area contributed by atoms with Gasteiger partial charge >= 0.3 is 0 Å². The van der Waals surface area contributed by atoms with Gasteiger partial charge in [0.05, 0.1) is 4.70 Å². The minimum Gasteiger partial charge on any atom is -0.355 e. The molecule has 0 bridgehead atoms. The third-order valence-electron chi connectivity index (χ3n) is 3.21. The lowest BCUT2D eigenvalue weighted by molar-refractivity contribution is 0.250. The molecule has 0 spiro atoms. The molecule has 0 aromatic carbocycles. The van der Waals surface area contributed by atoms with E-state index in [4.69, 9.17) is 4.52 Å². The fraction of sp³-hybridized carbons (Fsp3) is 0.545. The second-order valence-corrected chi connectivity index (χ2v) is 5.18. The summed E-state index contributed by atoms with van der Waals surface area (Å²) in [6.07, 6.45) is 2.41. The molecule has 0 atom stereocenters. The Morgan fingerprint density at radius 3 is 3.07 bits per heavy atom. The van der Waals surface area contributed by atoms with Gasteiger partial charge in [-0.3, -0.25) is 0 Å². The number of aromatic nitrogens is 1. The number of hydrogen-bond acceptors (Lipinski definition) is 4. The van der Waals surface area contributed by atoms with Crippen molar-refractivity contribution >= 4 is 21.6 Å². The molecular formula is C11H14N2OS. The van der Waals surface area contributed by atoms with E-state index in [-0.39, 0.29) is 0 Å². The van der Waals surface area contributed by atoms with Crippen LogP contribution in [0.15, 0.2) is 16.0 Å². The molecule has 0 amide bonds. The monoisotopic (exact) mass is 222 g/mol. The van der Waals surface area contributed by atoms with Gasteiger partial charge in [0.1, 0.15) is 5.69 Å². The van der Waals surface area contributed by atoms with Crippen LogP contribution in [0.4, 0.5) is 0 Å². The van der Waals surface area contributed by atoms with Crippen molar-refractivity contribution in [3.05, 3.63) is 17.1 Å². The Labute approximate surface area is 92.7 Å². The lowest BCUT2D eigenvalue weighted by Gasteiger charge is -2.27. The molecule has 0 aliphatic carbocycles. The van der Waals surface area contributed by atoms with E-state index in [9.17, 15) is 0 Å². The molecule has 2 aromatic rings. The molecular weight excluding hydrogens is 208 g/mol. The summed E-state index contributed by atoms with van der Waals surface area (Å²) in [6.45, 7) is 2.34. The average Bonchev–Trinajstić information content (AvgIpc) is 2.80. The Morgan fingerprint density at radius 2 is 2.27 bits per heavy atom. The summed E-state index contributed by atoms with van der Waals surface area (Å²) in [7, 11) is 2.18. The van der Waals surface area contributed by atoms with Crippen molar-refractivity contribution in [1.82, 2.24) is 10.1 Å². The molecule has 3 heterocycles. The van der Waals surface area contributed by atoms with Gasteiger partial charge in [-0.05, 0) is 44.4 Å². The molecule has 80 valence electrons. The number of piperidine rings is 1. The Hall–Kier alpha value is -0.870. The van der Waals surface area contributed by atoms with Crippen molar-refractivity contribution in [2.75, 3.05) is 20.1 Å². The van der Waals surface area contributed by atoms with Crippen LogP contribution in [-0.4, -0.2) is 30.2 Å². The predicted octanol–water partition coefficient (Wildman–Crippen LogP) is 2.70. The Kier molecular flexibility index (Phi) is 2.25. The summed E-state index contributed by atoms with van der Waals surface area (Å²) in [5.41, 5.74) is 2.14. The smallest absolute Gasteiger partial charge is 0.177 e. The zero-order valence-corrected chi connectivity index (χ0v) is 9.59. The minimum atomic E-state index is 0.598. The predicted molar refractivity (Wildman–Crippen MR) is 61.4 cm³/mol. The maximum Gasteiger partial charge on any atom is 0.177 e. The maximum absolute atomic E-state index is 5.32. The van der Waals surface area contributed by atoms with Crippen molar-refractivity contribution in [2.45, 2.75) is 18.8 Å². The number of fused-ring (bicyclic) bond motifs is 1. The summed E-state index contributed by atoms with van der Waals surface area (Å²) >= 11 is 1.75. The molecule has 0 unspecified atom stereocenters. The van der Waals surface area contributed by atoms with Crippen LogP contribution in [-0.2, 0) is 0 Å². The zero-order chi connectivity index (χ0) is 10.3. The van der Waals surface area contributed by atoms with E-state index < -0.39 is 0 Å². The van der Waals surface area contributed by atoms with Crippen molar-refractivity contribution in [1.29, 1.82) is 0 Å². The van der Waals surface area contributed by atoms with E-state index in [1.807, 2.05) is 6.07 Å². The molecule has 0 radical (unpaired) electrons. The first-order valence-electron chi connectivity index (χ1n) is 5.36. The third kappa shape index (κ3) is 1.58. The first-order valence-corrected chi connectivity index (χ1v) is 6.24. The second kappa shape index (κ2) is 3.61. The number of nitrogens with zero attached hydrogens (tertiary/aromatic N) is 2. The van der Waals surface area contributed by atoms with Crippen molar-refractivity contribution < 1.29 is 4.52 Å². The molecule has 2 aromatic heterocycles. The summed E-state index contributed by atoms with van der Waals surface area (Å²) in [4.78, 5) is 2.38. The first-order chi connectivity index (χ1) is 7.34. The zero-order valence-electron chi connectivity index (χ0n) is 8.77. The van der Waals surface area contributed by atoms with Crippen LogP contribution in [0.1, 0.15) is 24.5 Å². The highest BCUT2D eigenvalue weighted by Gasteiger charge is 2.23. The maximum atomic E-state index is 5.32. The van der Waals surface area contributed by atoms with Gasteiger partial charge in [0.2, 0.25) is 0 Å². The molecule has 0 N–H and O–H groups in total. The van der Waals surface area contributed by atoms with Crippen molar-refractivity contribution in [3.63, 3.8) is 0 Å². The second-order valence-electron chi connectivity index (χ2n) is 4.26. The lowest BCUT2D eigenvalue weighted by atomic mass is 9.94. The molecule has 3 rings (SSSR count). The van der Waals surface area contributed by atoms with Gasteiger partial charge in [0, 0.05) is 5.92 Å². The Balaban J connectivity index is 1.91. The summed E-state index contributed by atoms with van der Waals surface area (Å²) in [5, 5.41) is 6.30. The van der Waals surface area contributed by atoms with Crippen LogP contribution < -0.4 is 0 Å². The normalized spacial score (nSPS) is 20.1. The quantitative estimate of drug-likeness (QED) is 0.743. The van der Waals surface area contributed by atoms with Crippen LogP contribution in [0.2, 0.25) is 0 Å². The fourth-order valence-corrected chi connectivity index (χ4v) is 3.11. The minimum absolute atomic E-state index is 0.598. The summed E-state index contributed by atoms with van der Waals surface area (Å²) < 4.78 is 6.57. The van der Waals surface area contributed by atoms with Gasteiger partial charge in [-0.15, -0.1) is 11.3 Å². The summed E-state index contributed by atoms with van der Waals surface area (Å²) in [5.74, 6) is 0.598. The molecule has 0 saturated carbocycles. The lowest BCUT2D eigenvalue weighted by Crippen LogP contribution is -2.29. The van der Waals surface area contributed by atoms with E-state index in [0.717, 1.165) is 5.58 Å². The van der Waals surface area contributed by atoms with Gasteiger partial charge in [0.15, 0.2) is 5.58 Å². The molecule has 4 heteroatoms. The van der Waals surface area contributed by atoms with E-state index in [1.165, 1.54) is 36.3 Å². The van der Waals surface area contributed by atoms with E-state index in [0.29, 0.717) is 5.92 Å². The van der Waals surface area contributed by atoms with Gasteiger partial charge < -0.3 is 9.42 Å².